The Hall–Kier alpha value is -3.03. The van der Waals surface area contributed by atoms with E-state index in [1.165, 1.54) is 24.1 Å². The van der Waals surface area contributed by atoms with E-state index in [-0.39, 0.29) is 30.2 Å². The lowest BCUT2D eigenvalue weighted by Gasteiger charge is -2.24. The molecule has 30 heavy (non-hydrogen) atoms. The maximum absolute atomic E-state index is 13.3. The van der Waals surface area contributed by atoms with Crippen LogP contribution in [0.1, 0.15) is 29.5 Å². The van der Waals surface area contributed by atoms with Crippen molar-refractivity contribution >= 4 is 11.8 Å². The summed E-state index contributed by atoms with van der Waals surface area (Å²) in [5.41, 5.74) is -0.0657. The normalized spacial score (nSPS) is 16.4. The van der Waals surface area contributed by atoms with Gasteiger partial charge in [-0.25, -0.2) is 0 Å². The zero-order chi connectivity index (χ0) is 21.7. The van der Waals surface area contributed by atoms with E-state index < -0.39 is 23.7 Å². The number of rotatable bonds is 6. The van der Waals surface area contributed by atoms with Gasteiger partial charge in [0, 0.05) is 13.1 Å². The van der Waals surface area contributed by atoms with Crippen LogP contribution < -0.4 is 10.1 Å². The van der Waals surface area contributed by atoms with Gasteiger partial charge in [0.2, 0.25) is 11.8 Å². The van der Waals surface area contributed by atoms with Crippen molar-refractivity contribution in [2.24, 2.45) is 0 Å². The first-order valence-electron chi connectivity index (χ1n) is 9.65. The molecule has 2 aromatic rings. The fraction of sp³-hybridized carbons (Fsp3) is 0.364. The van der Waals surface area contributed by atoms with Gasteiger partial charge in [-0.3, -0.25) is 9.59 Å². The van der Waals surface area contributed by atoms with E-state index in [0.29, 0.717) is 19.4 Å². The van der Waals surface area contributed by atoms with Crippen molar-refractivity contribution in [1.82, 2.24) is 10.2 Å². The number of hydrogen-bond donors (Lipinski definition) is 1. The number of nitrogens with one attached hydrogen (secondary N) is 1. The SMILES string of the molecule is COc1ccc(CNC(=O)C2CCCN2C(=O)Cc2ccccc2)c(C(F)(F)F)c1. The molecule has 1 unspecified atom stereocenters. The molecule has 0 aromatic heterocycles. The Morgan fingerprint density at radius 1 is 1.17 bits per heavy atom. The molecule has 8 heteroatoms. The summed E-state index contributed by atoms with van der Waals surface area (Å²) in [4.78, 5) is 26.8. The van der Waals surface area contributed by atoms with Gasteiger partial charge in [0.1, 0.15) is 11.8 Å². The molecule has 1 aliphatic heterocycles. The van der Waals surface area contributed by atoms with E-state index in [2.05, 4.69) is 5.32 Å². The fourth-order valence-electron chi connectivity index (χ4n) is 3.61. The second-order valence-electron chi connectivity index (χ2n) is 7.15. The molecule has 2 aromatic carbocycles. The first kappa shape index (κ1) is 21.7. The number of nitrogens with zero attached hydrogens (tertiary/aromatic N) is 1. The molecule has 5 nitrogen and oxygen atoms in total. The summed E-state index contributed by atoms with van der Waals surface area (Å²) >= 11 is 0. The van der Waals surface area contributed by atoms with Crippen LogP contribution in [0.2, 0.25) is 0 Å². The minimum absolute atomic E-state index is 0.0585. The molecule has 0 aliphatic carbocycles. The molecule has 0 radical (unpaired) electrons. The van der Waals surface area contributed by atoms with Crippen molar-refractivity contribution in [2.45, 2.75) is 38.0 Å². The van der Waals surface area contributed by atoms with Gasteiger partial charge in [0.05, 0.1) is 19.1 Å². The first-order valence-corrected chi connectivity index (χ1v) is 9.65. The Labute approximate surface area is 172 Å². The molecule has 3 rings (SSSR count). The molecule has 1 fully saturated rings. The Kier molecular flexibility index (Phi) is 6.64. The van der Waals surface area contributed by atoms with Crippen LogP contribution in [0, 0.1) is 0 Å². The van der Waals surface area contributed by atoms with Crippen molar-refractivity contribution in [3.63, 3.8) is 0 Å². The Morgan fingerprint density at radius 3 is 2.57 bits per heavy atom. The van der Waals surface area contributed by atoms with Crippen LogP contribution >= 0.6 is 0 Å². The van der Waals surface area contributed by atoms with Gasteiger partial charge in [-0.2, -0.15) is 13.2 Å². The van der Waals surface area contributed by atoms with Crippen molar-refractivity contribution in [3.8, 4) is 5.75 Å². The van der Waals surface area contributed by atoms with Crippen LogP contribution in [-0.2, 0) is 28.7 Å². The third-order valence-corrected chi connectivity index (χ3v) is 5.15. The molecule has 1 aliphatic rings. The van der Waals surface area contributed by atoms with Crippen molar-refractivity contribution in [3.05, 3.63) is 65.2 Å². The second kappa shape index (κ2) is 9.19. The van der Waals surface area contributed by atoms with Crippen molar-refractivity contribution in [2.75, 3.05) is 13.7 Å². The molecule has 1 N–H and O–H groups in total. The topological polar surface area (TPSA) is 58.6 Å². The van der Waals surface area contributed by atoms with Gasteiger partial charge in [-0.05, 0) is 36.1 Å². The minimum Gasteiger partial charge on any atom is -0.497 e. The van der Waals surface area contributed by atoms with E-state index in [9.17, 15) is 22.8 Å². The van der Waals surface area contributed by atoms with Gasteiger partial charge in [0.25, 0.3) is 0 Å². The number of benzene rings is 2. The van der Waals surface area contributed by atoms with Gasteiger partial charge in [-0.1, -0.05) is 36.4 Å². The number of likely N-dealkylation sites (tertiary alicyclic amines) is 1. The van der Waals surface area contributed by atoms with E-state index in [1.807, 2.05) is 30.3 Å². The van der Waals surface area contributed by atoms with Gasteiger partial charge in [0.15, 0.2) is 0 Å². The highest BCUT2D eigenvalue weighted by molar-refractivity contribution is 5.89. The lowest BCUT2D eigenvalue weighted by molar-refractivity contribution is -0.139. The fourth-order valence-corrected chi connectivity index (χ4v) is 3.61. The number of amides is 2. The number of alkyl halides is 3. The van der Waals surface area contributed by atoms with Crippen LogP contribution in [0.4, 0.5) is 13.2 Å². The summed E-state index contributed by atoms with van der Waals surface area (Å²) in [6.07, 6.45) is -3.23. The van der Waals surface area contributed by atoms with E-state index in [1.54, 1.807) is 0 Å². The third-order valence-electron chi connectivity index (χ3n) is 5.15. The molecule has 2 amide bonds. The van der Waals surface area contributed by atoms with Crippen LogP contribution in [0.25, 0.3) is 0 Å². The Morgan fingerprint density at radius 2 is 1.90 bits per heavy atom. The summed E-state index contributed by atoms with van der Waals surface area (Å²) in [6.45, 7) is 0.176. The molecule has 1 saturated heterocycles. The zero-order valence-electron chi connectivity index (χ0n) is 16.5. The standard InChI is InChI=1S/C22H23F3N2O3/c1-30-17-10-9-16(18(13-17)22(23,24)25)14-26-21(29)19-8-5-11-27(19)20(28)12-15-6-3-2-4-7-15/h2-4,6-7,9-10,13,19H,5,8,11-12,14H2,1H3,(H,26,29). The molecule has 0 spiro atoms. The van der Waals surface area contributed by atoms with E-state index >= 15 is 0 Å². The summed E-state index contributed by atoms with van der Waals surface area (Å²) in [5.74, 6) is -0.525. The highest BCUT2D eigenvalue weighted by atomic mass is 19.4. The summed E-state index contributed by atoms with van der Waals surface area (Å²) in [6, 6.07) is 12.1. The summed E-state index contributed by atoms with van der Waals surface area (Å²) in [7, 11) is 1.29. The lowest BCUT2D eigenvalue weighted by atomic mass is 10.1. The average molecular weight is 420 g/mol. The maximum atomic E-state index is 13.3. The molecule has 1 heterocycles. The number of carbonyl (C=O) groups excluding carboxylic acids is 2. The quantitative estimate of drug-likeness (QED) is 0.778. The van der Waals surface area contributed by atoms with Crippen molar-refractivity contribution < 1.29 is 27.5 Å². The maximum Gasteiger partial charge on any atom is 0.416 e. The Balaban J connectivity index is 1.66. The minimum atomic E-state index is -4.57. The van der Waals surface area contributed by atoms with Gasteiger partial charge in [-0.15, -0.1) is 0 Å². The predicted octanol–water partition coefficient (Wildman–Crippen LogP) is 3.56. The highest BCUT2D eigenvalue weighted by Crippen LogP contribution is 2.34. The van der Waals surface area contributed by atoms with Crippen LogP contribution in [0.15, 0.2) is 48.5 Å². The monoisotopic (exact) mass is 420 g/mol. The molecule has 0 saturated carbocycles. The number of ether oxygens (including phenoxy) is 1. The largest absolute Gasteiger partial charge is 0.497 e. The first-order chi connectivity index (χ1) is 14.3. The van der Waals surface area contributed by atoms with Crippen molar-refractivity contribution in [1.29, 1.82) is 0 Å². The van der Waals surface area contributed by atoms with Crippen LogP contribution in [0.3, 0.4) is 0 Å². The van der Waals surface area contributed by atoms with Gasteiger partial charge < -0.3 is 15.0 Å². The number of methoxy groups -OCH3 is 1. The molecular weight excluding hydrogens is 397 g/mol. The molecule has 0 bridgehead atoms. The van der Waals surface area contributed by atoms with Crippen LogP contribution in [0.5, 0.6) is 5.75 Å². The number of halogens is 3. The lowest BCUT2D eigenvalue weighted by Crippen LogP contribution is -2.46. The smallest absolute Gasteiger partial charge is 0.416 e. The third kappa shape index (κ3) is 5.11. The summed E-state index contributed by atoms with van der Waals surface area (Å²) in [5, 5.41) is 2.57. The second-order valence-corrected chi connectivity index (χ2v) is 7.15. The average Bonchev–Trinajstić information content (AvgIpc) is 3.22. The zero-order valence-corrected chi connectivity index (χ0v) is 16.5. The van der Waals surface area contributed by atoms with Crippen LogP contribution in [-0.4, -0.2) is 36.4 Å². The van der Waals surface area contributed by atoms with Gasteiger partial charge >= 0.3 is 6.18 Å². The van der Waals surface area contributed by atoms with E-state index in [0.717, 1.165) is 11.6 Å². The van der Waals surface area contributed by atoms with E-state index in [4.69, 9.17) is 4.74 Å². The number of carbonyl (C=O) groups is 2. The number of hydrogen-bond acceptors (Lipinski definition) is 3. The molecular formula is C22H23F3N2O3. The highest BCUT2D eigenvalue weighted by Gasteiger charge is 2.36. The molecule has 1 atom stereocenters. The summed E-state index contributed by atoms with van der Waals surface area (Å²) < 4.78 is 44.9. The Bertz CT molecular complexity index is 900. The molecule has 160 valence electrons. The predicted molar refractivity (Wildman–Crippen MR) is 105 cm³/mol.